The number of nitrogens with one attached hydrogen (secondary N) is 1. The number of carbonyl (C=O) groups excluding carboxylic acids is 2. The Morgan fingerprint density at radius 1 is 1.09 bits per heavy atom. The lowest BCUT2D eigenvalue weighted by Gasteiger charge is -2.52. The van der Waals surface area contributed by atoms with Crippen molar-refractivity contribution in [2.75, 3.05) is 26.7 Å². The molecule has 2 aromatic carbocycles. The molecular weight excluding hydrogens is 459 g/mol. The Balaban J connectivity index is 1.95. The van der Waals surface area contributed by atoms with Gasteiger partial charge in [0.25, 0.3) is 5.92 Å². The van der Waals surface area contributed by atoms with E-state index in [2.05, 4.69) is 5.32 Å². The van der Waals surface area contributed by atoms with Gasteiger partial charge in [-0.15, -0.1) is 0 Å². The Morgan fingerprint density at radius 2 is 1.74 bits per heavy atom. The Labute approximate surface area is 203 Å². The highest BCUT2D eigenvalue weighted by Crippen LogP contribution is 2.54. The molecule has 1 saturated heterocycles. The molecule has 0 saturated carbocycles. The van der Waals surface area contributed by atoms with Crippen molar-refractivity contribution in [2.24, 2.45) is 5.92 Å². The van der Waals surface area contributed by atoms with E-state index in [1.54, 1.807) is 32.9 Å². The van der Waals surface area contributed by atoms with Crippen LogP contribution in [0.3, 0.4) is 0 Å². The van der Waals surface area contributed by atoms with Gasteiger partial charge in [0.2, 0.25) is 0 Å². The molecule has 4 rings (SSSR count). The molecule has 1 N–H and O–H groups in total. The van der Waals surface area contributed by atoms with Crippen molar-refractivity contribution >= 4 is 12.1 Å². The molecule has 2 aromatic rings. The summed E-state index contributed by atoms with van der Waals surface area (Å²) in [6, 6.07) is 11.9. The first kappa shape index (κ1) is 24.9. The molecule has 0 radical (unpaired) electrons. The van der Waals surface area contributed by atoms with E-state index >= 15 is 8.78 Å². The second-order valence-corrected chi connectivity index (χ2v) is 10.1. The zero-order valence-electron chi connectivity index (χ0n) is 20.3. The standard InChI is InChI=1S/C26H30F3N3O3/c1-24(2,3)35-23(34)31-15-21(25(28,29)16-31)26(18-9-11-19(27)12-10-18)20-8-6-5-7-17(20)13-14-32(26)22(33)30-4/h5-12,21H,13-16H2,1-4H3,(H,30,33)/t21?,26-/m0/s1. The van der Waals surface area contributed by atoms with Crippen LogP contribution in [0.1, 0.15) is 37.5 Å². The molecule has 9 heteroatoms. The summed E-state index contributed by atoms with van der Waals surface area (Å²) in [6.07, 6.45) is -0.370. The zero-order chi connectivity index (χ0) is 25.6. The lowest BCUT2D eigenvalue weighted by atomic mass is 9.66. The topological polar surface area (TPSA) is 61.9 Å². The van der Waals surface area contributed by atoms with Gasteiger partial charge in [-0.2, -0.15) is 0 Å². The van der Waals surface area contributed by atoms with E-state index < -0.39 is 47.5 Å². The van der Waals surface area contributed by atoms with Gasteiger partial charge in [-0.05, 0) is 56.0 Å². The number of fused-ring (bicyclic) bond motifs is 1. The minimum absolute atomic E-state index is 0.174. The van der Waals surface area contributed by atoms with Crippen LogP contribution in [0.15, 0.2) is 48.5 Å². The van der Waals surface area contributed by atoms with Crippen LogP contribution < -0.4 is 5.32 Å². The molecule has 2 atom stereocenters. The number of likely N-dealkylation sites (tertiary alicyclic amines) is 1. The van der Waals surface area contributed by atoms with Crippen LogP contribution >= 0.6 is 0 Å². The summed E-state index contributed by atoms with van der Waals surface area (Å²) in [5, 5.41) is 2.58. The van der Waals surface area contributed by atoms with Crippen molar-refractivity contribution in [1.82, 2.24) is 15.1 Å². The van der Waals surface area contributed by atoms with Crippen LogP contribution in [0.5, 0.6) is 0 Å². The number of hydrogen-bond acceptors (Lipinski definition) is 3. The summed E-state index contributed by atoms with van der Waals surface area (Å²) in [4.78, 5) is 28.4. The summed E-state index contributed by atoms with van der Waals surface area (Å²) in [6.45, 7) is 3.98. The number of halogens is 3. The molecule has 1 fully saturated rings. The van der Waals surface area contributed by atoms with Crippen LogP contribution in [0.25, 0.3) is 0 Å². The van der Waals surface area contributed by atoms with Crippen LogP contribution in [0.2, 0.25) is 0 Å². The maximum Gasteiger partial charge on any atom is 0.410 e. The Morgan fingerprint density at radius 3 is 2.37 bits per heavy atom. The number of urea groups is 1. The van der Waals surface area contributed by atoms with Gasteiger partial charge >= 0.3 is 12.1 Å². The summed E-state index contributed by atoms with van der Waals surface area (Å²) in [5.41, 5.74) is -0.792. The number of amides is 3. The molecule has 0 bridgehead atoms. The fourth-order valence-electron chi connectivity index (χ4n) is 5.34. The quantitative estimate of drug-likeness (QED) is 0.661. The normalized spacial score (nSPS) is 23.6. The van der Waals surface area contributed by atoms with Gasteiger partial charge < -0.3 is 19.9 Å². The number of alkyl halides is 2. The third-order valence-electron chi connectivity index (χ3n) is 6.67. The average molecular weight is 490 g/mol. The van der Waals surface area contributed by atoms with Crippen molar-refractivity contribution in [1.29, 1.82) is 0 Å². The van der Waals surface area contributed by atoms with Gasteiger partial charge in [-0.1, -0.05) is 36.4 Å². The number of rotatable bonds is 2. The van der Waals surface area contributed by atoms with Gasteiger partial charge in [-0.25, -0.2) is 22.8 Å². The van der Waals surface area contributed by atoms with Crippen molar-refractivity contribution in [3.63, 3.8) is 0 Å². The first-order chi connectivity index (χ1) is 16.4. The maximum atomic E-state index is 16.0. The van der Waals surface area contributed by atoms with Gasteiger partial charge in [0.15, 0.2) is 0 Å². The van der Waals surface area contributed by atoms with Crippen LogP contribution in [0.4, 0.5) is 22.8 Å². The molecular formula is C26H30F3N3O3. The third-order valence-corrected chi connectivity index (χ3v) is 6.67. The average Bonchev–Trinajstić information content (AvgIpc) is 3.12. The fraction of sp³-hybridized carbons (Fsp3) is 0.462. The number of carbonyl (C=O) groups is 2. The van der Waals surface area contributed by atoms with E-state index in [0.717, 1.165) is 10.5 Å². The minimum atomic E-state index is -3.37. The van der Waals surface area contributed by atoms with Crippen LogP contribution in [-0.4, -0.2) is 60.1 Å². The minimum Gasteiger partial charge on any atom is -0.444 e. The molecule has 1 unspecified atom stereocenters. The number of benzene rings is 2. The smallest absolute Gasteiger partial charge is 0.410 e. The van der Waals surface area contributed by atoms with Crippen molar-refractivity contribution in [2.45, 2.75) is 44.3 Å². The van der Waals surface area contributed by atoms with E-state index in [0.29, 0.717) is 17.5 Å². The molecule has 2 aliphatic heterocycles. The largest absolute Gasteiger partial charge is 0.444 e. The Bertz CT molecular complexity index is 1120. The SMILES string of the molecule is CNC(=O)N1CCc2ccccc2[C@@]1(c1ccc(F)cc1)C1CN(C(=O)OC(C)(C)C)CC1(F)F. The summed E-state index contributed by atoms with van der Waals surface area (Å²) in [7, 11) is 1.44. The monoisotopic (exact) mass is 489 g/mol. The molecule has 188 valence electrons. The van der Waals surface area contributed by atoms with E-state index in [1.807, 2.05) is 12.1 Å². The fourth-order valence-corrected chi connectivity index (χ4v) is 5.34. The zero-order valence-corrected chi connectivity index (χ0v) is 20.3. The first-order valence-corrected chi connectivity index (χ1v) is 11.6. The second kappa shape index (κ2) is 8.77. The maximum absolute atomic E-state index is 16.0. The number of hydrogen-bond donors (Lipinski definition) is 1. The molecule has 6 nitrogen and oxygen atoms in total. The third kappa shape index (κ3) is 4.32. The van der Waals surface area contributed by atoms with Crippen LogP contribution in [0, 0.1) is 11.7 Å². The van der Waals surface area contributed by atoms with E-state index in [9.17, 15) is 14.0 Å². The lowest BCUT2D eigenvalue weighted by molar-refractivity contribution is -0.0781. The highest BCUT2D eigenvalue weighted by atomic mass is 19.3. The van der Waals surface area contributed by atoms with Crippen molar-refractivity contribution in [3.8, 4) is 0 Å². The molecule has 2 heterocycles. The summed E-state index contributed by atoms with van der Waals surface area (Å²) >= 11 is 0. The number of nitrogens with zero attached hydrogens (tertiary/aromatic N) is 2. The molecule has 3 amide bonds. The summed E-state index contributed by atoms with van der Waals surface area (Å²) < 4.78 is 51.3. The predicted molar refractivity (Wildman–Crippen MR) is 125 cm³/mol. The van der Waals surface area contributed by atoms with Gasteiger partial charge in [-0.3, -0.25) is 0 Å². The molecule has 0 aliphatic carbocycles. The molecule has 0 aromatic heterocycles. The first-order valence-electron chi connectivity index (χ1n) is 11.6. The molecule has 0 spiro atoms. The van der Waals surface area contributed by atoms with E-state index in [-0.39, 0.29) is 13.1 Å². The highest BCUT2D eigenvalue weighted by Gasteiger charge is 2.64. The van der Waals surface area contributed by atoms with Crippen molar-refractivity contribution in [3.05, 3.63) is 71.0 Å². The Hall–Kier alpha value is -3.23. The summed E-state index contributed by atoms with van der Waals surface area (Å²) in [5.74, 6) is -5.40. The van der Waals surface area contributed by atoms with E-state index in [1.165, 1.54) is 36.2 Å². The number of ether oxygens (including phenoxy) is 1. The molecule has 2 aliphatic rings. The Kier molecular flexibility index (Phi) is 6.23. The van der Waals surface area contributed by atoms with Crippen LogP contribution in [-0.2, 0) is 16.7 Å². The predicted octanol–water partition coefficient (Wildman–Crippen LogP) is 4.77. The second-order valence-electron chi connectivity index (χ2n) is 10.1. The molecule has 35 heavy (non-hydrogen) atoms. The highest BCUT2D eigenvalue weighted by molar-refractivity contribution is 5.77. The van der Waals surface area contributed by atoms with Gasteiger partial charge in [0, 0.05) is 20.1 Å². The lowest BCUT2D eigenvalue weighted by Crippen LogP contribution is -2.63. The van der Waals surface area contributed by atoms with Crippen molar-refractivity contribution < 1.29 is 27.5 Å². The van der Waals surface area contributed by atoms with Gasteiger partial charge in [0.05, 0.1) is 12.5 Å². The van der Waals surface area contributed by atoms with Gasteiger partial charge in [0.1, 0.15) is 17.0 Å². The van der Waals surface area contributed by atoms with E-state index in [4.69, 9.17) is 4.74 Å².